The van der Waals surface area contributed by atoms with Gasteiger partial charge in [-0.05, 0) is 38.1 Å². The molecule has 2 aliphatic carbocycles. The van der Waals surface area contributed by atoms with Crippen LogP contribution in [0.1, 0.15) is 25.7 Å². The van der Waals surface area contributed by atoms with E-state index in [1.54, 1.807) is 0 Å². The summed E-state index contributed by atoms with van der Waals surface area (Å²) in [5.74, 6) is 0.0940. The summed E-state index contributed by atoms with van der Waals surface area (Å²) in [4.78, 5) is 0. The largest absolute Gasteiger partial charge is 0.510 e. The minimum absolute atomic E-state index is 0.0470. The van der Waals surface area contributed by atoms with E-state index in [4.69, 9.17) is 21.7 Å². The Morgan fingerprint density at radius 2 is 1.14 bits per heavy atom. The van der Waals surface area contributed by atoms with E-state index in [0.29, 0.717) is 25.9 Å². The lowest BCUT2D eigenvalue weighted by molar-refractivity contribution is 0.150. The first kappa shape index (κ1) is 18.4. The van der Waals surface area contributed by atoms with E-state index in [1.807, 2.05) is 12.2 Å². The summed E-state index contributed by atoms with van der Waals surface area (Å²) in [7, 11) is 0. The summed E-state index contributed by atoms with van der Waals surface area (Å²) in [5, 5.41) is 36.3. The van der Waals surface area contributed by atoms with Gasteiger partial charge >= 0.3 is 0 Å². The van der Waals surface area contributed by atoms with Crippen molar-refractivity contribution in [3.63, 3.8) is 0 Å². The van der Waals surface area contributed by atoms with Gasteiger partial charge in [-0.2, -0.15) is 0 Å². The second-order valence-electron chi connectivity index (χ2n) is 5.35. The second kappa shape index (κ2) is 9.42. The fraction of sp³-hybridized carbons (Fsp3) is 0.500. The van der Waals surface area contributed by atoms with Crippen molar-refractivity contribution in [1.82, 2.24) is 0 Å². The molecule has 2 aliphatic rings. The first-order chi connectivity index (χ1) is 10.5. The molecular weight excluding hydrogens is 284 g/mol. The van der Waals surface area contributed by atoms with Crippen molar-refractivity contribution in [2.24, 2.45) is 11.5 Å². The van der Waals surface area contributed by atoms with Crippen LogP contribution in [0.4, 0.5) is 0 Å². The van der Waals surface area contributed by atoms with Crippen molar-refractivity contribution < 1.29 is 20.4 Å². The van der Waals surface area contributed by atoms with E-state index >= 15 is 0 Å². The maximum absolute atomic E-state index is 9.17. The molecule has 0 heterocycles. The summed E-state index contributed by atoms with van der Waals surface area (Å²) in [6.45, 7) is 1.18. The first-order valence-electron chi connectivity index (χ1n) is 7.41. The quantitative estimate of drug-likeness (QED) is 0.458. The zero-order valence-corrected chi connectivity index (χ0v) is 12.7. The van der Waals surface area contributed by atoms with Gasteiger partial charge in [0.25, 0.3) is 0 Å². The van der Waals surface area contributed by atoms with Crippen LogP contribution < -0.4 is 11.5 Å². The van der Waals surface area contributed by atoms with E-state index in [1.165, 1.54) is 12.2 Å². The lowest BCUT2D eigenvalue weighted by atomic mass is 9.99. The average Bonchev–Trinajstić information content (AvgIpc) is 2.48. The third kappa shape index (κ3) is 6.03. The Morgan fingerprint density at radius 1 is 0.773 bits per heavy atom. The van der Waals surface area contributed by atoms with Gasteiger partial charge in [0.15, 0.2) is 0 Å². The number of rotatable bonds is 4. The van der Waals surface area contributed by atoms with E-state index in [0.717, 1.165) is 24.0 Å². The van der Waals surface area contributed by atoms with Crippen molar-refractivity contribution in [3.05, 3.63) is 47.0 Å². The lowest BCUT2D eigenvalue weighted by Crippen LogP contribution is -2.15. The Balaban J connectivity index is 0.000000220. The minimum atomic E-state index is -0.721. The average molecular weight is 310 g/mol. The molecule has 6 nitrogen and oxygen atoms in total. The third-order valence-electron chi connectivity index (χ3n) is 3.50. The van der Waals surface area contributed by atoms with Gasteiger partial charge in [0.1, 0.15) is 23.7 Å². The maximum atomic E-state index is 9.17. The Hall–Kier alpha value is -1.60. The van der Waals surface area contributed by atoms with Crippen LogP contribution in [-0.4, -0.2) is 45.7 Å². The lowest BCUT2D eigenvalue weighted by Gasteiger charge is -2.15. The highest BCUT2D eigenvalue weighted by Crippen LogP contribution is 2.19. The Labute approximate surface area is 130 Å². The molecule has 0 aromatic heterocycles. The molecule has 0 saturated heterocycles. The van der Waals surface area contributed by atoms with Gasteiger partial charge < -0.3 is 31.9 Å². The highest BCUT2D eigenvalue weighted by Gasteiger charge is 2.15. The SMILES string of the molecule is NCCC1=CC=C(O)C(O)C1.NCCC1=CC=C(O)C(O)C1. The van der Waals surface area contributed by atoms with Crippen LogP contribution in [0.25, 0.3) is 0 Å². The molecule has 0 spiro atoms. The van der Waals surface area contributed by atoms with Gasteiger partial charge in [-0.1, -0.05) is 23.3 Å². The van der Waals surface area contributed by atoms with Crippen LogP contribution in [0.5, 0.6) is 0 Å². The zero-order chi connectivity index (χ0) is 16.5. The summed E-state index contributed by atoms with van der Waals surface area (Å²) in [6.07, 6.45) is 7.85. The van der Waals surface area contributed by atoms with Crippen molar-refractivity contribution in [2.45, 2.75) is 37.9 Å². The molecule has 2 unspecified atom stereocenters. The van der Waals surface area contributed by atoms with Gasteiger partial charge in [0.2, 0.25) is 0 Å². The monoisotopic (exact) mass is 310 g/mol. The van der Waals surface area contributed by atoms with Gasteiger partial charge in [-0.3, -0.25) is 0 Å². The number of hydrogen-bond acceptors (Lipinski definition) is 6. The number of aliphatic hydroxyl groups is 4. The summed E-state index contributed by atoms with van der Waals surface area (Å²) in [5.41, 5.74) is 12.9. The molecule has 0 fully saturated rings. The van der Waals surface area contributed by atoms with Crippen LogP contribution in [0, 0.1) is 0 Å². The normalized spacial score (nSPS) is 24.4. The first-order valence-corrected chi connectivity index (χ1v) is 7.41. The third-order valence-corrected chi connectivity index (χ3v) is 3.50. The highest BCUT2D eigenvalue weighted by molar-refractivity contribution is 5.24. The van der Waals surface area contributed by atoms with E-state index in [9.17, 15) is 10.2 Å². The molecule has 6 heteroatoms. The molecule has 124 valence electrons. The Kier molecular flexibility index (Phi) is 7.90. The van der Waals surface area contributed by atoms with Crippen LogP contribution in [0.2, 0.25) is 0 Å². The van der Waals surface area contributed by atoms with Crippen molar-refractivity contribution in [3.8, 4) is 0 Å². The maximum Gasteiger partial charge on any atom is 0.121 e. The topological polar surface area (TPSA) is 133 Å². The number of nitrogens with two attached hydrogens (primary N) is 2. The number of hydrogen-bond donors (Lipinski definition) is 6. The van der Waals surface area contributed by atoms with Crippen LogP contribution in [0.3, 0.4) is 0 Å². The Morgan fingerprint density at radius 3 is 1.41 bits per heavy atom. The molecule has 0 aromatic carbocycles. The van der Waals surface area contributed by atoms with E-state index in [2.05, 4.69) is 0 Å². The molecule has 2 rings (SSSR count). The molecule has 0 aliphatic heterocycles. The molecule has 2 atom stereocenters. The fourth-order valence-electron chi connectivity index (χ4n) is 2.21. The molecule has 0 bridgehead atoms. The van der Waals surface area contributed by atoms with Crippen molar-refractivity contribution in [2.75, 3.05) is 13.1 Å². The molecule has 22 heavy (non-hydrogen) atoms. The predicted molar refractivity (Wildman–Crippen MR) is 86.2 cm³/mol. The summed E-state index contributed by atoms with van der Waals surface area (Å²) >= 11 is 0. The summed E-state index contributed by atoms with van der Waals surface area (Å²) < 4.78 is 0. The van der Waals surface area contributed by atoms with Gasteiger partial charge in [0.05, 0.1) is 0 Å². The molecule has 8 N–H and O–H groups in total. The number of aliphatic hydroxyl groups excluding tert-OH is 4. The minimum Gasteiger partial charge on any atom is -0.510 e. The van der Waals surface area contributed by atoms with Gasteiger partial charge in [-0.15, -0.1) is 0 Å². The van der Waals surface area contributed by atoms with Crippen LogP contribution in [0.15, 0.2) is 47.0 Å². The standard InChI is InChI=1S/2C8H13NO2/c2*9-4-3-6-1-2-7(10)8(11)5-6/h2*1-2,8,10-11H,3-5,9H2. The second-order valence-corrected chi connectivity index (χ2v) is 5.35. The van der Waals surface area contributed by atoms with Crippen LogP contribution >= 0.6 is 0 Å². The van der Waals surface area contributed by atoms with E-state index < -0.39 is 12.2 Å². The van der Waals surface area contributed by atoms with E-state index in [-0.39, 0.29) is 11.5 Å². The number of allylic oxidation sites excluding steroid dienone is 4. The highest BCUT2D eigenvalue weighted by atomic mass is 16.3. The fourth-order valence-corrected chi connectivity index (χ4v) is 2.21. The molecule has 0 amide bonds. The van der Waals surface area contributed by atoms with Gasteiger partial charge in [0, 0.05) is 12.8 Å². The smallest absolute Gasteiger partial charge is 0.121 e. The van der Waals surface area contributed by atoms with Crippen LogP contribution in [-0.2, 0) is 0 Å². The molecule has 0 saturated carbocycles. The Bertz CT molecular complexity index is 437. The molecular formula is C16H26N2O4. The zero-order valence-electron chi connectivity index (χ0n) is 12.7. The summed E-state index contributed by atoms with van der Waals surface area (Å²) in [6, 6.07) is 0. The predicted octanol–water partition coefficient (Wildman–Crippen LogP) is 0.936. The van der Waals surface area contributed by atoms with Gasteiger partial charge in [-0.25, -0.2) is 0 Å². The molecule has 0 aromatic rings. The molecule has 0 radical (unpaired) electrons. The van der Waals surface area contributed by atoms with Crippen molar-refractivity contribution >= 4 is 0 Å². The van der Waals surface area contributed by atoms with Crippen molar-refractivity contribution in [1.29, 1.82) is 0 Å².